The Morgan fingerprint density at radius 3 is 2.78 bits per heavy atom. The molecule has 3 nitrogen and oxygen atoms in total. The molecule has 2 rings (SSSR count). The molecule has 0 unspecified atom stereocenters. The smallest absolute Gasteiger partial charge is 0.168 e. The molecule has 0 aliphatic heterocycles. The zero-order valence-corrected chi connectivity index (χ0v) is 11.1. The van der Waals surface area contributed by atoms with Crippen LogP contribution in [-0.4, -0.2) is 20.4 Å². The van der Waals surface area contributed by atoms with Gasteiger partial charge in [0.15, 0.2) is 5.16 Å². The highest BCUT2D eigenvalue weighted by atomic mass is 32.2. The van der Waals surface area contributed by atoms with E-state index in [1.54, 1.807) is 18.0 Å². The topological polar surface area (TPSA) is 38.0 Å². The lowest BCUT2D eigenvalue weighted by atomic mass is 10.2. The first-order chi connectivity index (χ1) is 8.81. The lowest BCUT2D eigenvalue weighted by Crippen LogP contribution is -1.97. The first-order valence-corrected chi connectivity index (χ1v) is 6.75. The molecule has 0 saturated carbocycles. The Morgan fingerprint density at radius 2 is 2.11 bits per heavy atom. The van der Waals surface area contributed by atoms with Gasteiger partial charge in [0.05, 0.1) is 18.5 Å². The quantitative estimate of drug-likeness (QED) is 0.840. The minimum Gasteiger partial charge on any atom is -0.390 e. The molecule has 0 fully saturated rings. The Kier molecular flexibility index (Phi) is 4.61. The second-order valence-corrected chi connectivity index (χ2v) is 4.86. The minimum atomic E-state index is 0.0317. The van der Waals surface area contributed by atoms with Gasteiger partial charge in [-0.1, -0.05) is 54.2 Å². The maximum absolute atomic E-state index is 9.07. The fourth-order valence-corrected chi connectivity index (χ4v) is 2.36. The number of hydrogen-bond acceptors (Lipinski definition) is 3. The van der Waals surface area contributed by atoms with Crippen LogP contribution in [0.2, 0.25) is 0 Å². The molecule has 0 spiro atoms. The van der Waals surface area contributed by atoms with Crippen LogP contribution in [0.5, 0.6) is 0 Å². The average molecular weight is 260 g/mol. The Balaban J connectivity index is 1.89. The number of hydrogen-bond donors (Lipinski definition) is 1. The number of imidazole rings is 1. The summed E-state index contributed by atoms with van der Waals surface area (Å²) < 4.78 is 1.92. The van der Waals surface area contributed by atoms with Gasteiger partial charge in [-0.25, -0.2) is 4.98 Å². The van der Waals surface area contributed by atoms with Crippen molar-refractivity contribution in [2.75, 3.05) is 5.75 Å². The maximum Gasteiger partial charge on any atom is 0.168 e. The Morgan fingerprint density at radius 1 is 1.33 bits per heavy atom. The molecule has 0 aliphatic rings. The zero-order valence-electron chi connectivity index (χ0n) is 10.3. The van der Waals surface area contributed by atoms with Gasteiger partial charge in [0.1, 0.15) is 0 Å². The number of thioether (sulfide) groups is 1. The number of nitrogens with zero attached hydrogens (tertiary/aromatic N) is 2. The predicted octanol–water partition coefficient (Wildman–Crippen LogP) is 2.72. The van der Waals surface area contributed by atoms with Crippen LogP contribution in [0.4, 0.5) is 0 Å². The third-order valence-electron chi connectivity index (χ3n) is 2.62. The number of aromatic nitrogens is 2. The third kappa shape index (κ3) is 3.24. The second kappa shape index (κ2) is 6.42. The standard InChI is InChI=1S/C14H16N2OS/c1-16-13(11-17)10-15-14(16)18-9-5-8-12-6-3-2-4-7-12/h2-8,10,17H,9,11H2,1H3. The summed E-state index contributed by atoms with van der Waals surface area (Å²) in [6.07, 6.45) is 5.93. The van der Waals surface area contributed by atoms with Crippen molar-refractivity contribution in [2.24, 2.45) is 7.05 Å². The summed E-state index contributed by atoms with van der Waals surface area (Å²) in [6.45, 7) is 0.0317. The fourth-order valence-electron chi connectivity index (χ4n) is 1.58. The van der Waals surface area contributed by atoms with Crippen LogP contribution < -0.4 is 0 Å². The van der Waals surface area contributed by atoms with Crippen LogP contribution >= 0.6 is 11.8 Å². The van der Waals surface area contributed by atoms with Crippen molar-refractivity contribution in [2.45, 2.75) is 11.8 Å². The van der Waals surface area contributed by atoms with Crippen molar-refractivity contribution in [1.82, 2.24) is 9.55 Å². The van der Waals surface area contributed by atoms with Gasteiger partial charge < -0.3 is 9.67 Å². The summed E-state index contributed by atoms with van der Waals surface area (Å²) in [7, 11) is 1.92. The number of rotatable bonds is 5. The summed E-state index contributed by atoms with van der Waals surface area (Å²) in [4.78, 5) is 4.26. The van der Waals surface area contributed by atoms with Gasteiger partial charge in [-0.3, -0.25) is 0 Å². The Hall–Kier alpha value is -1.52. The molecule has 18 heavy (non-hydrogen) atoms. The van der Waals surface area contributed by atoms with Crippen molar-refractivity contribution in [1.29, 1.82) is 0 Å². The summed E-state index contributed by atoms with van der Waals surface area (Å²) in [5, 5.41) is 10.00. The summed E-state index contributed by atoms with van der Waals surface area (Å²) in [5.41, 5.74) is 2.04. The van der Waals surface area contributed by atoms with Gasteiger partial charge >= 0.3 is 0 Å². The molecule has 94 valence electrons. The first-order valence-electron chi connectivity index (χ1n) is 5.77. The number of aliphatic hydroxyl groups excluding tert-OH is 1. The van der Waals surface area contributed by atoms with Crippen LogP contribution in [0, 0.1) is 0 Å². The molecule has 0 amide bonds. The largest absolute Gasteiger partial charge is 0.390 e. The summed E-state index contributed by atoms with van der Waals surface area (Å²) in [6, 6.07) is 10.2. The van der Waals surface area contributed by atoms with Gasteiger partial charge in [0.2, 0.25) is 0 Å². The molecule has 1 N–H and O–H groups in total. The van der Waals surface area contributed by atoms with Gasteiger partial charge in [0.25, 0.3) is 0 Å². The molecule has 0 aliphatic carbocycles. The highest BCUT2D eigenvalue weighted by Gasteiger charge is 2.04. The van der Waals surface area contributed by atoms with Crippen LogP contribution in [0.1, 0.15) is 11.3 Å². The van der Waals surface area contributed by atoms with E-state index in [4.69, 9.17) is 5.11 Å². The molecule has 0 saturated heterocycles. The Labute approximate surface area is 111 Å². The van der Waals surface area contributed by atoms with E-state index in [2.05, 4.69) is 29.3 Å². The van der Waals surface area contributed by atoms with Crippen molar-refractivity contribution in [3.63, 3.8) is 0 Å². The van der Waals surface area contributed by atoms with E-state index >= 15 is 0 Å². The van der Waals surface area contributed by atoms with E-state index in [-0.39, 0.29) is 6.61 Å². The maximum atomic E-state index is 9.07. The van der Waals surface area contributed by atoms with Crippen LogP contribution in [-0.2, 0) is 13.7 Å². The molecule has 1 aromatic heterocycles. The molecule has 0 radical (unpaired) electrons. The summed E-state index contributed by atoms with van der Waals surface area (Å²) >= 11 is 1.66. The summed E-state index contributed by atoms with van der Waals surface area (Å²) in [5.74, 6) is 0.866. The molecule has 2 aromatic rings. The Bertz CT molecular complexity index is 520. The van der Waals surface area contributed by atoms with Crippen molar-refractivity contribution < 1.29 is 5.11 Å². The fraction of sp³-hybridized carbons (Fsp3) is 0.214. The average Bonchev–Trinajstić information content (AvgIpc) is 2.77. The molecule has 1 aromatic carbocycles. The minimum absolute atomic E-state index is 0.0317. The zero-order chi connectivity index (χ0) is 12.8. The van der Waals surface area contributed by atoms with E-state index < -0.39 is 0 Å². The lowest BCUT2D eigenvalue weighted by Gasteiger charge is -2.01. The van der Waals surface area contributed by atoms with Gasteiger partial charge in [-0.05, 0) is 5.56 Å². The normalized spacial score (nSPS) is 11.2. The molecular formula is C14H16N2OS. The van der Waals surface area contributed by atoms with Gasteiger partial charge in [0, 0.05) is 12.8 Å². The van der Waals surface area contributed by atoms with Crippen LogP contribution in [0.3, 0.4) is 0 Å². The second-order valence-electron chi connectivity index (χ2n) is 3.87. The van der Waals surface area contributed by atoms with E-state index in [9.17, 15) is 0 Å². The number of benzene rings is 1. The van der Waals surface area contributed by atoms with E-state index in [1.807, 2.05) is 29.8 Å². The van der Waals surface area contributed by atoms with E-state index in [0.717, 1.165) is 16.6 Å². The lowest BCUT2D eigenvalue weighted by molar-refractivity contribution is 0.271. The highest BCUT2D eigenvalue weighted by molar-refractivity contribution is 7.99. The van der Waals surface area contributed by atoms with E-state index in [0.29, 0.717) is 0 Å². The van der Waals surface area contributed by atoms with Gasteiger partial charge in [-0.2, -0.15) is 0 Å². The van der Waals surface area contributed by atoms with Crippen LogP contribution in [0.15, 0.2) is 47.8 Å². The van der Waals surface area contributed by atoms with Crippen molar-refractivity contribution in [3.05, 3.63) is 53.9 Å². The molecule has 4 heteroatoms. The van der Waals surface area contributed by atoms with Crippen LogP contribution in [0.25, 0.3) is 6.08 Å². The van der Waals surface area contributed by atoms with Gasteiger partial charge in [-0.15, -0.1) is 0 Å². The molecular weight excluding hydrogens is 244 g/mol. The molecule has 0 bridgehead atoms. The van der Waals surface area contributed by atoms with E-state index in [1.165, 1.54) is 5.56 Å². The number of aliphatic hydroxyl groups is 1. The SMILES string of the molecule is Cn1c(CO)cnc1SCC=Cc1ccccc1. The van der Waals surface area contributed by atoms with Crippen molar-refractivity contribution >= 4 is 17.8 Å². The third-order valence-corrected chi connectivity index (χ3v) is 3.62. The van der Waals surface area contributed by atoms with Crippen molar-refractivity contribution in [3.8, 4) is 0 Å². The molecule has 1 heterocycles. The first kappa shape index (κ1) is 12.9. The monoisotopic (exact) mass is 260 g/mol. The highest BCUT2D eigenvalue weighted by Crippen LogP contribution is 2.17. The molecule has 0 atom stereocenters. The predicted molar refractivity (Wildman–Crippen MR) is 75.3 cm³/mol.